The van der Waals surface area contributed by atoms with E-state index in [0.29, 0.717) is 0 Å². The van der Waals surface area contributed by atoms with Crippen LogP contribution >= 0.6 is 11.8 Å². The lowest BCUT2D eigenvalue weighted by Gasteiger charge is -2.30. The highest BCUT2D eigenvalue weighted by molar-refractivity contribution is 8.01. The Morgan fingerprint density at radius 3 is 2.88 bits per heavy atom. The van der Waals surface area contributed by atoms with Crippen LogP contribution in [0.1, 0.15) is 26.3 Å². The summed E-state index contributed by atoms with van der Waals surface area (Å²) >= 11 is 1.63. The number of carbonyl (C=O) groups is 1. The summed E-state index contributed by atoms with van der Waals surface area (Å²) in [5.41, 5.74) is 2.18. The van der Waals surface area contributed by atoms with Crippen molar-refractivity contribution in [1.82, 2.24) is 5.32 Å². The Labute approximate surface area is 106 Å². The van der Waals surface area contributed by atoms with Gasteiger partial charge in [-0.15, -0.1) is 11.8 Å². The molecule has 17 heavy (non-hydrogen) atoms. The van der Waals surface area contributed by atoms with Crippen molar-refractivity contribution in [1.29, 1.82) is 0 Å². The minimum absolute atomic E-state index is 0.0782. The molecule has 92 valence electrons. The van der Waals surface area contributed by atoms with Crippen molar-refractivity contribution in [2.45, 2.75) is 37.0 Å². The number of benzene rings is 1. The Kier molecular flexibility index (Phi) is 3.45. The van der Waals surface area contributed by atoms with E-state index >= 15 is 0 Å². The van der Waals surface area contributed by atoms with Crippen LogP contribution in [0.2, 0.25) is 0 Å². The van der Waals surface area contributed by atoms with Crippen LogP contribution in [0.25, 0.3) is 0 Å². The molecule has 0 aromatic heterocycles. The zero-order valence-corrected chi connectivity index (χ0v) is 11.3. The first kappa shape index (κ1) is 12.5. The van der Waals surface area contributed by atoms with E-state index < -0.39 is 0 Å². The van der Waals surface area contributed by atoms with Gasteiger partial charge in [-0.2, -0.15) is 0 Å². The molecule has 1 aliphatic rings. The van der Waals surface area contributed by atoms with E-state index in [9.17, 15) is 4.79 Å². The first-order valence-electron chi connectivity index (χ1n) is 5.87. The molecule has 0 fully saturated rings. The van der Waals surface area contributed by atoms with Gasteiger partial charge >= 0.3 is 0 Å². The van der Waals surface area contributed by atoms with Gasteiger partial charge in [-0.1, -0.05) is 13.0 Å². The molecule has 1 heterocycles. The molecule has 4 heteroatoms. The van der Waals surface area contributed by atoms with Gasteiger partial charge in [0.15, 0.2) is 0 Å². The van der Waals surface area contributed by atoms with Gasteiger partial charge in [-0.25, -0.2) is 0 Å². The molecule has 1 aromatic carbocycles. The number of hydrogen-bond acceptors (Lipinski definition) is 3. The number of amides is 1. The molecule has 0 bridgehead atoms. The molecule has 3 nitrogen and oxygen atoms in total. The van der Waals surface area contributed by atoms with Crippen molar-refractivity contribution in [2.24, 2.45) is 0 Å². The van der Waals surface area contributed by atoms with Crippen molar-refractivity contribution in [3.8, 4) is 0 Å². The van der Waals surface area contributed by atoms with Gasteiger partial charge in [0, 0.05) is 11.4 Å². The smallest absolute Gasteiger partial charge is 0.240 e. The zero-order valence-electron chi connectivity index (χ0n) is 10.5. The molecule has 0 unspecified atom stereocenters. The molecule has 0 spiro atoms. The van der Waals surface area contributed by atoms with Crippen LogP contribution in [0, 0.1) is 0 Å². The van der Waals surface area contributed by atoms with Crippen molar-refractivity contribution in [3.63, 3.8) is 0 Å². The lowest BCUT2D eigenvalue weighted by atomic mass is 10.1. The van der Waals surface area contributed by atoms with E-state index in [1.165, 1.54) is 5.56 Å². The van der Waals surface area contributed by atoms with Gasteiger partial charge in [0.2, 0.25) is 5.91 Å². The largest absolute Gasteiger partial charge is 0.324 e. The van der Waals surface area contributed by atoms with Gasteiger partial charge in [0.1, 0.15) is 0 Å². The standard InChI is InChI=1S/C13H18N2OS/c1-4-14-8-9-5-6-10-11(7-9)17-13(2,3)12(16)15-10/h5-7,14H,4,8H2,1-3H3,(H,15,16). The molecule has 1 aromatic rings. The van der Waals surface area contributed by atoms with E-state index in [2.05, 4.69) is 29.7 Å². The fraction of sp³-hybridized carbons (Fsp3) is 0.462. The van der Waals surface area contributed by atoms with Crippen molar-refractivity contribution in [2.75, 3.05) is 11.9 Å². The average Bonchev–Trinajstić information content (AvgIpc) is 2.27. The van der Waals surface area contributed by atoms with Crippen LogP contribution in [-0.4, -0.2) is 17.2 Å². The zero-order chi connectivity index (χ0) is 12.5. The number of nitrogens with one attached hydrogen (secondary N) is 2. The molecule has 0 saturated carbocycles. The third-order valence-electron chi connectivity index (χ3n) is 2.79. The number of fused-ring (bicyclic) bond motifs is 1. The summed E-state index contributed by atoms with van der Waals surface area (Å²) in [5.74, 6) is 0.0782. The first-order chi connectivity index (χ1) is 8.03. The van der Waals surface area contributed by atoms with E-state index in [-0.39, 0.29) is 10.7 Å². The average molecular weight is 250 g/mol. The maximum absolute atomic E-state index is 11.8. The molecule has 2 N–H and O–H groups in total. The highest BCUT2D eigenvalue weighted by Crippen LogP contribution is 2.42. The van der Waals surface area contributed by atoms with Gasteiger partial charge in [-0.3, -0.25) is 4.79 Å². The normalized spacial score (nSPS) is 17.5. The third kappa shape index (κ3) is 2.64. The molecule has 0 radical (unpaired) electrons. The Morgan fingerprint density at radius 2 is 2.18 bits per heavy atom. The molecule has 0 saturated heterocycles. The predicted octanol–water partition coefficient (Wildman–Crippen LogP) is 2.62. The van der Waals surface area contributed by atoms with E-state index in [1.54, 1.807) is 11.8 Å². The van der Waals surface area contributed by atoms with E-state index in [0.717, 1.165) is 23.7 Å². The summed E-state index contributed by atoms with van der Waals surface area (Å²) in [6.45, 7) is 7.83. The summed E-state index contributed by atoms with van der Waals surface area (Å²) in [6.07, 6.45) is 0. The van der Waals surface area contributed by atoms with Crippen LogP contribution in [0.3, 0.4) is 0 Å². The fourth-order valence-corrected chi connectivity index (χ4v) is 2.86. The minimum atomic E-state index is -0.385. The van der Waals surface area contributed by atoms with Crippen LogP contribution < -0.4 is 10.6 Å². The predicted molar refractivity (Wildman–Crippen MR) is 72.4 cm³/mol. The highest BCUT2D eigenvalue weighted by atomic mass is 32.2. The Morgan fingerprint density at radius 1 is 1.41 bits per heavy atom. The highest BCUT2D eigenvalue weighted by Gasteiger charge is 2.34. The maximum atomic E-state index is 11.8. The van der Waals surface area contributed by atoms with Gasteiger partial charge < -0.3 is 10.6 Å². The van der Waals surface area contributed by atoms with Crippen LogP contribution in [0.5, 0.6) is 0 Å². The second-order valence-corrected chi connectivity index (χ2v) is 6.34. The Bertz CT molecular complexity index is 443. The second kappa shape index (κ2) is 4.70. The van der Waals surface area contributed by atoms with E-state index in [1.807, 2.05) is 19.9 Å². The van der Waals surface area contributed by atoms with Gasteiger partial charge in [-0.05, 0) is 38.1 Å². The fourth-order valence-electron chi connectivity index (χ4n) is 1.73. The lowest BCUT2D eigenvalue weighted by Crippen LogP contribution is -2.37. The monoisotopic (exact) mass is 250 g/mol. The van der Waals surface area contributed by atoms with Gasteiger partial charge in [0.05, 0.1) is 10.4 Å². The Balaban J connectivity index is 2.24. The number of carbonyl (C=O) groups excluding carboxylic acids is 1. The molecule has 1 amide bonds. The van der Waals surface area contributed by atoms with Crippen molar-refractivity contribution in [3.05, 3.63) is 23.8 Å². The third-order valence-corrected chi connectivity index (χ3v) is 4.04. The Hall–Kier alpha value is -1.00. The minimum Gasteiger partial charge on any atom is -0.324 e. The van der Waals surface area contributed by atoms with Crippen LogP contribution in [0.4, 0.5) is 5.69 Å². The summed E-state index contributed by atoms with van der Waals surface area (Å²) in [7, 11) is 0. The molecule has 0 atom stereocenters. The van der Waals surface area contributed by atoms with Crippen LogP contribution in [0.15, 0.2) is 23.1 Å². The summed E-state index contributed by atoms with van der Waals surface area (Å²) < 4.78 is -0.385. The quantitative estimate of drug-likeness (QED) is 0.866. The van der Waals surface area contributed by atoms with Gasteiger partial charge in [0.25, 0.3) is 0 Å². The van der Waals surface area contributed by atoms with Crippen molar-refractivity contribution >= 4 is 23.4 Å². The molecular formula is C13H18N2OS. The lowest BCUT2D eigenvalue weighted by molar-refractivity contribution is -0.117. The number of anilines is 1. The molecule has 0 aliphatic carbocycles. The molecular weight excluding hydrogens is 232 g/mol. The number of rotatable bonds is 3. The van der Waals surface area contributed by atoms with Crippen molar-refractivity contribution < 1.29 is 4.79 Å². The summed E-state index contributed by atoms with van der Waals surface area (Å²) in [5, 5.41) is 6.26. The second-order valence-electron chi connectivity index (χ2n) is 4.68. The molecule has 2 rings (SSSR count). The van der Waals surface area contributed by atoms with Crippen LogP contribution in [-0.2, 0) is 11.3 Å². The number of hydrogen-bond donors (Lipinski definition) is 2. The first-order valence-corrected chi connectivity index (χ1v) is 6.68. The molecule has 1 aliphatic heterocycles. The number of thioether (sulfide) groups is 1. The van der Waals surface area contributed by atoms with E-state index in [4.69, 9.17) is 0 Å². The summed E-state index contributed by atoms with van der Waals surface area (Å²) in [4.78, 5) is 12.9. The maximum Gasteiger partial charge on any atom is 0.240 e. The summed E-state index contributed by atoms with van der Waals surface area (Å²) in [6, 6.07) is 6.20. The SMILES string of the molecule is CCNCc1ccc2c(c1)SC(C)(C)C(=O)N2. The topological polar surface area (TPSA) is 41.1 Å².